The van der Waals surface area contributed by atoms with Crippen LogP contribution in [0, 0.1) is 0 Å². The Morgan fingerprint density at radius 3 is 2.33 bits per heavy atom. The average Bonchev–Trinajstić information content (AvgIpc) is 2.69. The SMILES string of the molecule is CN([C@H]1CC[C@H](OCCN2CCCCC2)CC1)S(=O)(=O)c1ccc(Br)cc1. The van der Waals surface area contributed by atoms with Crippen molar-refractivity contribution in [2.75, 3.05) is 33.3 Å². The summed E-state index contributed by atoms with van der Waals surface area (Å²) in [4.78, 5) is 2.85. The van der Waals surface area contributed by atoms with E-state index >= 15 is 0 Å². The van der Waals surface area contributed by atoms with Gasteiger partial charge in [0.2, 0.25) is 10.0 Å². The maximum Gasteiger partial charge on any atom is 0.243 e. The molecule has 1 aromatic carbocycles. The molecule has 0 N–H and O–H groups in total. The van der Waals surface area contributed by atoms with E-state index < -0.39 is 10.0 Å². The number of likely N-dealkylation sites (tertiary alicyclic amines) is 1. The Balaban J connectivity index is 1.44. The minimum Gasteiger partial charge on any atom is -0.377 e. The summed E-state index contributed by atoms with van der Waals surface area (Å²) in [5, 5.41) is 0. The van der Waals surface area contributed by atoms with Crippen molar-refractivity contribution in [3.05, 3.63) is 28.7 Å². The second-order valence-electron chi connectivity index (χ2n) is 7.68. The van der Waals surface area contributed by atoms with Crippen molar-refractivity contribution in [1.29, 1.82) is 0 Å². The van der Waals surface area contributed by atoms with Crippen LogP contribution in [0.3, 0.4) is 0 Å². The summed E-state index contributed by atoms with van der Waals surface area (Å²) in [6, 6.07) is 6.92. The van der Waals surface area contributed by atoms with E-state index in [1.165, 1.54) is 32.4 Å². The molecule has 0 aromatic heterocycles. The summed E-state index contributed by atoms with van der Waals surface area (Å²) in [5.41, 5.74) is 0. The monoisotopic (exact) mass is 458 g/mol. The number of piperidine rings is 1. The van der Waals surface area contributed by atoms with Crippen molar-refractivity contribution in [1.82, 2.24) is 9.21 Å². The first kappa shape index (κ1) is 21.2. The highest BCUT2D eigenvalue weighted by atomic mass is 79.9. The number of sulfonamides is 1. The van der Waals surface area contributed by atoms with Gasteiger partial charge >= 0.3 is 0 Å². The molecule has 0 bridgehead atoms. The molecule has 1 saturated heterocycles. The largest absolute Gasteiger partial charge is 0.377 e. The van der Waals surface area contributed by atoms with Crippen LogP contribution in [0.4, 0.5) is 0 Å². The maximum atomic E-state index is 12.8. The summed E-state index contributed by atoms with van der Waals surface area (Å²) in [6.07, 6.45) is 7.85. The molecule has 3 rings (SSSR count). The molecule has 2 fully saturated rings. The third-order valence-electron chi connectivity index (χ3n) is 5.86. The lowest BCUT2D eigenvalue weighted by Crippen LogP contribution is -2.41. The van der Waals surface area contributed by atoms with Crippen LogP contribution in [0.1, 0.15) is 44.9 Å². The zero-order chi connectivity index (χ0) is 19.3. The first-order chi connectivity index (χ1) is 13.0. The summed E-state index contributed by atoms with van der Waals surface area (Å²) in [5.74, 6) is 0. The van der Waals surface area contributed by atoms with Crippen LogP contribution in [0.2, 0.25) is 0 Å². The van der Waals surface area contributed by atoms with E-state index in [0.29, 0.717) is 4.90 Å². The molecule has 7 heteroatoms. The predicted molar refractivity (Wildman–Crippen MR) is 111 cm³/mol. The van der Waals surface area contributed by atoms with Gasteiger partial charge in [-0.25, -0.2) is 8.42 Å². The van der Waals surface area contributed by atoms with Crippen molar-refractivity contribution in [2.45, 2.75) is 62.0 Å². The molecular weight excluding hydrogens is 428 g/mol. The van der Waals surface area contributed by atoms with Crippen molar-refractivity contribution in [3.8, 4) is 0 Å². The van der Waals surface area contributed by atoms with Crippen LogP contribution in [-0.4, -0.2) is 63.1 Å². The summed E-state index contributed by atoms with van der Waals surface area (Å²) >= 11 is 3.35. The minimum absolute atomic E-state index is 0.0561. The molecule has 0 unspecified atom stereocenters. The van der Waals surface area contributed by atoms with Crippen LogP contribution in [0.5, 0.6) is 0 Å². The smallest absolute Gasteiger partial charge is 0.243 e. The summed E-state index contributed by atoms with van der Waals surface area (Å²) < 4.78 is 34.2. The van der Waals surface area contributed by atoms with Crippen molar-refractivity contribution in [3.63, 3.8) is 0 Å². The van der Waals surface area contributed by atoms with Crippen LogP contribution < -0.4 is 0 Å². The number of halogens is 1. The van der Waals surface area contributed by atoms with Gasteiger partial charge in [-0.1, -0.05) is 22.4 Å². The Bertz CT molecular complexity index is 682. The lowest BCUT2D eigenvalue weighted by molar-refractivity contribution is 0.00513. The van der Waals surface area contributed by atoms with Gasteiger partial charge < -0.3 is 9.64 Å². The highest BCUT2D eigenvalue weighted by Gasteiger charge is 2.31. The van der Waals surface area contributed by atoms with Crippen LogP contribution in [0.25, 0.3) is 0 Å². The molecule has 0 radical (unpaired) electrons. The molecule has 152 valence electrons. The number of hydrogen-bond donors (Lipinski definition) is 0. The predicted octanol–water partition coefficient (Wildman–Crippen LogP) is 3.88. The van der Waals surface area contributed by atoms with Gasteiger partial charge in [0, 0.05) is 24.1 Å². The highest BCUT2D eigenvalue weighted by Crippen LogP contribution is 2.28. The number of hydrogen-bond acceptors (Lipinski definition) is 4. The lowest BCUT2D eigenvalue weighted by Gasteiger charge is -2.34. The van der Waals surface area contributed by atoms with Crippen LogP contribution >= 0.6 is 15.9 Å². The van der Waals surface area contributed by atoms with Gasteiger partial charge in [0.15, 0.2) is 0 Å². The Morgan fingerprint density at radius 1 is 1.07 bits per heavy atom. The summed E-state index contributed by atoms with van der Waals surface area (Å²) in [7, 11) is -1.73. The Labute approximate surface area is 172 Å². The van der Waals surface area contributed by atoms with E-state index in [1.54, 1.807) is 35.6 Å². The zero-order valence-corrected chi connectivity index (χ0v) is 18.6. The topological polar surface area (TPSA) is 49.9 Å². The second-order valence-corrected chi connectivity index (χ2v) is 10.6. The van der Waals surface area contributed by atoms with Gasteiger partial charge in [-0.15, -0.1) is 0 Å². The van der Waals surface area contributed by atoms with Crippen LogP contribution in [0.15, 0.2) is 33.6 Å². The third kappa shape index (κ3) is 5.76. The van der Waals surface area contributed by atoms with Gasteiger partial charge in [0.1, 0.15) is 0 Å². The fourth-order valence-electron chi connectivity index (χ4n) is 4.08. The molecule has 0 amide bonds. The molecule has 5 nitrogen and oxygen atoms in total. The minimum atomic E-state index is -3.44. The fraction of sp³-hybridized carbons (Fsp3) is 0.700. The van der Waals surface area contributed by atoms with Crippen molar-refractivity contribution in [2.24, 2.45) is 0 Å². The van der Waals surface area contributed by atoms with E-state index in [9.17, 15) is 8.42 Å². The molecule has 1 saturated carbocycles. The standard InChI is InChI=1S/C20H31BrN2O3S/c1-22(27(24,25)20-11-5-17(21)6-12-20)18-7-9-19(10-8-18)26-16-15-23-13-3-2-4-14-23/h5-6,11-12,18-19H,2-4,7-10,13-16H2,1H3/t18-,19-. The molecule has 0 spiro atoms. The van der Waals surface area contributed by atoms with Crippen molar-refractivity contribution >= 4 is 26.0 Å². The molecule has 0 atom stereocenters. The number of ether oxygens (including phenoxy) is 1. The number of rotatable bonds is 7. The molecule has 1 aliphatic heterocycles. The van der Waals surface area contributed by atoms with Gasteiger partial charge in [-0.2, -0.15) is 4.31 Å². The normalized spacial score (nSPS) is 25.0. The van der Waals surface area contributed by atoms with E-state index in [0.717, 1.165) is 43.3 Å². The molecule has 1 heterocycles. The van der Waals surface area contributed by atoms with Gasteiger partial charge in [-0.05, 0) is 75.9 Å². The van der Waals surface area contributed by atoms with E-state index in [-0.39, 0.29) is 12.1 Å². The number of nitrogens with zero attached hydrogens (tertiary/aromatic N) is 2. The quantitative estimate of drug-likeness (QED) is 0.621. The fourth-order valence-corrected chi connectivity index (χ4v) is 5.76. The van der Waals surface area contributed by atoms with Crippen molar-refractivity contribution < 1.29 is 13.2 Å². The molecule has 2 aliphatic rings. The van der Waals surface area contributed by atoms with Crippen LogP contribution in [-0.2, 0) is 14.8 Å². The Morgan fingerprint density at radius 2 is 1.70 bits per heavy atom. The molecule has 1 aliphatic carbocycles. The third-order valence-corrected chi connectivity index (χ3v) is 8.31. The second kappa shape index (κ2) is 9.83. The van der Waals surface area contributed by atoms with Gasteiger partial charge in [-0.3, -0.25) is 0 Å². The molecular formula is C20H31BrN2O3S. The van der Waals surface area contributed by atoms with E-state index in [1.807, 2.05) is 0 Å². The average molecular weight is 459 g/mol. The Hall–Kier alpha value is -0.470. The maximum absolute atomic E-state index is 12.8. The summed E-state index contributed by atoms with van der Waals surface area (Å²) in [6.45, 7) is 4.23. The van der Waals surface area contributed by atoms with Gasteiger partial charge in [0.05, 0.1) is 17.6 Å². The Kier molecular flexibility index (Phi) is 7.74. The highest BCUT2D eigenvalue weighted by molar-refractivity contribution is 9.10. The first-order valence-corrected chi connectivity index (χ1v) is 12.3. The first-order valence-electron chi connectivity index (χ1n) is 10.0. The number of benzene rings is 1. The van der Waals surface area contributed by atoms with E-state index in [4.69, 9.17) is 4.74 Å². The lowest BCUT2D eigenvalue weighted by atomic mass is 9.93. The zero-order valence-electron chi connectivity index (χ0n) is 16.1. The molecule has 27 heavy (non-hydrogen) atoms. The molecule has 1 aromatic rings. The van der Waals surface area contributed by atoms with Gasteiger partial charge in [0.25, 0.3) is 0 Å². The van der Waals surface area contributed by atoms with E-state index in [2.05, 4.69) is 20.8 Å².